The van der Waals surface area contributed by atoms with Crippen LogP contribution in [-0.4, -0.2) is 68.7 Å². The zero-order chi connectivity index (χ0) is 20.5. The molecule has 28 heavy (non-hydrogen) atoms. The molecule has 0 bridgehead atoms. The molecule has 1 aromatic rings. The van der Waals surface area contributed by atoms with Gasteiger partial charge >= 0.3 is 11.9 Å². The Morgan fingerprint density at radius 2 is 1.93 bits per heavy atom. The van der Waals surface area contributed by atoms with Gasteiger partial charge in [0.25, 0.3) is 0 Å². The van der Waals surface area contributed by atoms with Gasteiger partial charge in [-0.1, -0.05) is 11.6 Å². The molecule has 9 heteroatoms. The van der Waals surface area contributed by atoms with Gasteiger partial charge in [0, 0.05) is 13.7 Å². The van der Waals surface area contributed by atoms with Gasteiger partial charge in [-0.05, 0) is 43.1 Å². The molecule has 2 aliphatic heterocycles. The van der Waals surface area contributed by atoms with Gasteiger partial charge in [0.2, 0.25) is 0 Å². The number of methoxy groups -OCH3 is 1. The number of hydrogen-bond donors (Lipinski definition) is 3. The van der Waals surface area contributed by atoms with Crippen molar-refractivity contribution in [3.05, 3.63) is 22.2 Å². The maximum absolute atomic E-state index is 9.64. The summed E-state index contributed by atoms with van der Waals surface area (Å²) in [6.07, 6.45) is 1.41. The lowest BCUT2D eigenvalue weighted by Crippen LogP contribution is -2.35. The van der Waals surface area contributed by atoms with Crippen LogP contribution in [0.1, 0.15) is 24.0 Å². The second kappa shape index (κ2) is 11.1. The third kappa shape index (κ3) is 6.25. The highest BCUT2D eigenvalue weighted by Crippen LogP contribution is 2.42. The number of fused-ring (bicyclic) bond motifs is 2. The van der Waals surface area contributed by atoms with E-state index in [0.29, 0.717) is 6.61 Å². The number of halogens is 1. The maximum Gasteiger partial charge on any atom is 0.303 e. The molecule has 2 aliphatic rings. The first-order valence-corrected chi connectivity index (χ1v) is 9.67. The molecule has 0 saturated carbocycles. The van der Waals surface area contributed by atoms with Gasteiger partial charge in [-0.2, -0.15) is 0 Å². The number of ether oxygens (including phenoxy) is 2. The second-order valence-corrected chi connectivity index (χ2v) is 6.92. The SMILES string of the molecule is COCCN1CCOc2c1cc1c(c2Cl)CCNCC1.O=C(O)CCC(=O)O. The van der Waals surface area contributed by atoms with Gasteiger partial charge in [0.15, 0.2) is 5.75 Å². The van der Waals surface area contributed by atoms with E-state index in [4.69, 9.17) is 31.3 Å². The summed E-state index contributed by atoms with van der Waals surface area (Å²) in [6.45, 7) is 5.17. The molecule has 0 atom stereocenters. The van der Waals surface area contributed by atoms with Crippen molar-refractivity contribution < 1.29 is 29.3 Å². The molecule has 0 saturated heterocycles. The number of anilines is 1. The Balaban J connectivity index is 0.000000300. The number of benzene rings is 1. The first-order valence-electron chi connectivity index (χ1n) is 9.29. The van der Waals surface area contributed by atoms with E-state index in [1.165, 1.54) is 11.1 Å². The predicted octanol–water partition coefficient (Wildman–Crippen LogP) is 1.81. The van der Waals surface area contributed by atoms with Crippen LogP contribution in [0.5, 0.6) is 5.75 Å². The Morgan fingerprint density at radius 3 is 2.57 bits per heavy atom. The lowest BCUT2D eigenvalue weighted by atomic mass is 10.00. The highest BCUT2D eigenvalue weighted by molar-refractivity contribution is 6.33. The van der Waals surface area contributed by atoms with Crippen LogP contribution in [0, 0.1) is 0 Å². The van der Waals surface area contributed by atoms with E-state index in [1.54, 1.807) is 7.11 Å². The lowest BCUT2D eigenvalue weighted by molar-refractivity contribution is -0.143. The van der Waals surface area contributed by atoms with Crippen molar-refractivity contribution >= 4 is 29.2 Å². The van der Waals surface area contributed by atoms with E-state index < -0.39 is 11.9 Å². The van der Waals surface area contributed by atoms with Crippen LogP contribution in [-0.2, 0) is 27.2 Å². The van der Waals surface area contributed by atoms with Crippen LogP contribution < -0.4 is 15.0 Å². The topological polar surface area (TPSA) is 108 Å². The fourth-order valence-corrected chi connectivity index (χ4v) is 3.53. The van der Waals surface area contributed by atoms with Crippen molar-refractivity contribution in [1.82, 2.24) is 5.32 Å². The summed E-state index contributed by atoms with van der Waals surface area (Å²) >= 11 is 6.61. The summed E-state index contributed by atoms with van der Waals surface area (Å²) in [5.74, 6) is -1.30. The van der Waals surface area contributed by atoms with Crippen molar-refractivity contribution in [2.75, 3.05) is 51.4 Å². The fraction of sp³-hybridized carbons (Fsp3) is 0.579. The minimum Gasteiger partial charge on any atom is -0.488 e. The van der Waals surface area contributed by atoms with E-state index in [2.05, 4.69) is 16.3 Å². The number of carboxylic acids is 2. The Morgan fingerprint density at radius 1 is 1.25 bits per heavy atom. The Kier molecular flexibility index (Phi) is 8.82. The first-order chi connectivity index (χ1) is 13.4. The fourth-order valence-electron chi connectivity index (χ4n) is 3.16. The second-order valence-electron chi connectivity index (χ2n) is 6.54. The highest BCUT2D eigenvalue weighted by atomic mass is 35.5. The van der Waals surface area contributed by atoms with Crippen LogP contribution in [0.3, 0.4) is 0 Å². The number of carbonyl (C=O) groups is 2. The zero-order valence-electron chi connectivity index (χ0n) is 16.0. The van der Waals surface area contributed by atoms with Crippen molar-refractivity contribution in [1.29, 1.82) is 0 Å². The van der Waals surface area contributed by atoms with E-state index in [1.807, 2.05) is 0 Å². The molecule has 3 N–H and O–H groups in total. The number of rotatable bonds is 6. The number of hydrogen-bond acceptors (Lipinski definition) is 6. The van der Waals surface area contributed by atoms with Crippen molar-refractivity contribution in [2.45, 2.75) is 25.7 Å². The summed E-state index contributed by atoms with van der Waals surface area (Å²) < 4.78 is 11.0. The van der Waals surface area contributed by atoms with Gasteiger partial charge in [-0.15, -0.1) is 0 Å². The molecule has 0 fully saturated rings. The molecule has 1 aromatic carbocycles. The quantitative estimate of drug-likeness (QED) is 0.646. The molecule has 8 nitrogen and oxygen atoms in total. The van der Waals surface area contributed by atoms with Gasteiger partial charge in [-0.3, -0.25) is 9.59 Å². The van der Waals surface area contributed by atoms with E-state index in [-0.39, 0.29) is 12.8 Å². The zero-order valence-corrected chi connectivity index (χ0v) is 16.8. The molecule has 3 rings (SSSR count). The molecule has 0 aliphatic carbocycles. The largest absolute Gasteiger partial charge is 0.488 e. The van der Waals surface area contributed by atoms with Crippen LogP contribution >= 0.6 is 11.6 Å². The minimum absolute atomic E-state index is 0.296. The first kappa shape index (κ1) is 22.3. The number of aliphatic carboxylic acids is 2. The summed E-state index contributed by atoms with van der Waals surface area (Å²) in [5.41, 5.74) is 3.73. The average Bonchev–Trinajstić information content (AvgIpc) is 2.91. The predicted molar refractivity (Wildman–Crippen MR) is 106 cm³/mol. The van der Waals surface area contributed by atoms with Gasteiger partial charge < -0.3 is 29.9 Å². The lowest BCUT2D eigenvalue weighted by Gasteiger charge is -2.33. The Labute approximate surface area is 169 Å². The molecule has 2 heterocycles. The van der Waals surface area contributed by atoms with E-state index >= 15 is 0 Å². The number of nitrogens with zero attached hydrogens (tertiary/aromatic N) is 1. The van der Waals surface area contributed by atoms with E-state index in [0.717, 1.165) is 62.1 Å². The van der Waals surface area contributed by atoms with Gasteiger partial charge in [0.05, 0.1) is 36.7 Å². The molecule has 0 unspecified atom stereocenters. The standard InChI is InChI=1S/C15H21ClN2O2.C4H6O4/c1-19-8-6-18-7-9-20-15-13(18)10-11-2-4-17-5-3-12(11)14(15)16;5-3(6)1-2-4(7)8/h10,17H,2-9H2,1H3;1-2H2,(H,5,6)(H,7,8). The summed E-state index contributed by atoms with van der Waals surface area (Å²) in [6, 6.07) is 2.26. The Hall–Kier alpha value is -2.03. The number of nitrogens with one attached hydrogen (secondary N) is 1. The third-order valence-electron chi connectivity index (χ3n) is 4.58. The molecule has 0 radical (unpaired) electrons. The molecule has 156 valence electrons. The number of carboxylic acid groups (broad SMARTS) is 2. The Bertz CT molecular complexity index is 683. The van der Waals surface area contributed by atoms with Crippen LogP contribution in [0.15, 0.2) is 6.07 Å². The van der Waals surface area contributed by atoms with Crippen molar-refractivity contribution in [3.63, 3.8) is 0 Å². The smallest absolute Gasteiger partial charge is 0.303 e. The minimum atomic E-state index is -1.08. The van der Waals surface area contributed by atoms with Crippen LogP contribution in [0.2, 0.25) is 5.02 Å². The third-order valence-corrected chi connectivity index (χ3v) is 4.98. The van der Waals surface area contributed by atoms with E-state index in [9.17, 15) is 9.59 Å². The molecule has 0 amide bonds. The summed E-state index contributed by atoms with van der Waals surface area (Å²) in [7, 11) is 1.73. The maximum atomic E-state index is 9.64. The molecular weight excluding hydrogens is 388 g/mol. The monoisotopic (exact) mass is 414 g/mol. The highest BCUT2D eigenvalue weighted by Gasteiger charge is 2.25. The summed E-state index contributed by atoms with van der Waals surface area (Å²) in [5, 5.41) is 20.0. The van der Waals surface area contributed by atoms with Crippen LogP contribution in [0.4, 0.5) is 5.69 Å². The molecule has 0 aromatic heterocycles. The summed E-state index contributed by atoms with van der Waals surface area (Å²) in [4.78, 5) is 21.6. The molecular formula is C19H27ClN2O6. The van der Waals surface area contributed by atoms with Crippen molar-refractivity contribution in [2.24, 2.45) is 0 Å². The average molecular weight is 415 g/mol. The van der Waals surface area contributed by atoms with Crippen LogP contribution in [0.25, 0.3) is 0 Å². The molecule has 0 spiro atoms. The van der Waals surface area contributed by atoms with Gasteiger partial charge in [-0.25, -0.2) is 0 Å². The van der Waals surface area contributed by atoms with Gasteiger partial charge in [0.1, 0.15) is 6.61 Å². The normalized spacial score (nSPS) is 15.3. The van der Waals surface area contributed by atoms with Crippen molar-refractivity contribution in [3.8, 4) is 5.75 Å².